The average Bonchev–Trinajstić information content (AvgIpc) is 3.05. The fourth-order valence-corrected chi connectivity index (χ4v) is 4.69. The molecule has 0 aromatic heterocycles. The summed E-state index contributed by atoms with van der Waals surface area (Å²) >= 11 is 0. The highest BCUT2D eigenvalue weighted by Gasteiger charge is 2.39. The molecular weight excluding hydrogens is 456 g/mol. The third-order valence-electron chi connectivity index (χ3n) is 5.84. The number of hydrogen-bond donors (Lipinski definition) is 0. The molecule has 2 aliphatic rings. The van der Waals surface area contributed by atoms with Gasteiger partial charge in [0.05, 0.1) is 19.2 Å². The molecule has 1 saturated heterocycles. The predicted molar refractivity (Wildman–Crippen MR) is 130 cm³/mol. The van der Waals surface area contributed by atoms with Gasteiger partial charge in [0.25, 0.3) is 5.91 Å². The minimum absolute atomic E-state index is 0.0130. The molecule has 8 nitrogen and oxygen atoms in total. The number of aryl methyl sites for hydroxylation is 2. The van der Waals surface area contributed by atoms with Gasteiger partial charge in [-0.15, -0.1) is 0 Å². The molecule has 0 N–H and O–H groups in total. The number of hydrogen-bond acceptors (Lipinski definition) is 6. The first kappa shape index (κ1) is 25.7. The molecule has 1 fully saturated rings. The van der Waals surface area contributed by atoms with E-state index in [4.69, 9.17) is 9.47 Å². The van der Waals surface area contributed by atoms with Gasteiger partial charge in [-0.1, -0.05) is 24.3 Å². The van der Waals surface area contributed by atoms with Crippen molar-refractivity contribution < 1.29 is 28.1 Å². The number of urea groups is 1. The van der Waals surface area contributed by atoms with Crippen molar-refractivity contribution in [2.45, 2.75) is 59.2 Å². The van der Waals surface area contributed by atoms with Gasteiger partial charge in [0, 0.05) is 22.0 Å². The maximum atomic E-state index is 13.0. The van der Waals surface area contributed by atoms with Crippen LogP contribution in [0.15, 0.2) is 35.3 Å². The van der Waals surface area contributed by atoms with Gasteiger partial charge >= 0.3 is 12.0 Å². The zero-order chi connectivity index (χ0) is 25.2. The highest BCUT2D eigenvalue weighted by Crippen LogP contribution is 2.30. The first-order chi connectivity index (χ1) is 15.9. The van der Waals surface area contributed by atoms with Crippen LogP contribution in [-0.2, 0) is 31.7 Å². The van der Waals surface area contributed by atoms with Crippen molar-refractivity contribution >= 4 is 28.7 Å². The number of esters is 1. The Morgan fingerprint density at radius 2 is 1.85 bits per heavy atom. The largest absolute Gasteiger partial charge is 0.476 e. The average molecular weight is 489 g/mol. The van der Waals surface area contributed by atoms with Crippen molar-refractivity contribution in [2.75, 3.05) is 19.4 Å². The van der Waals surface area contributed by atoms with Gasteiger partial charge in [-0.25, -0.2) is 9.59 Å². The van der Waals surface area contributed by atoms with Crippen molar-refractivity contribution in [1.29, 1.82) is 0 Å². The molecule has 184 valence electrons. The zero-order valence-corrected chi connectivity index (χ0v) is 21.4. The van der Waals surface area contributed by atoms with E-state index < -0.39 is 22.4 Å². The lowest BCUT2D eigenvalue weighted by atomic mass is 10.0. The molecule has 1 aliphatic carbocycles. The van der Waals surface area contributed by atoms with Crippen molar-refractivity contribution in [3.63, 3.8) is 0 Å². The summed E-state index contributed by atoms with van der Waals surface area (Å²) in [6.07, 6.45) is 7.58. The molecule has 9 heteroatoms. The topological polar surface area (TPSA) is 93.2 Å². The molecule has 1 aromatic rings. The standard InChI is InChI=1S/C25H32N2O6S/c1-7-32-23(29)25(4,5)33-22-16(2)12-18(13-17(22)3)14-27-21(28)15-26(24(27)30)19-8-10-20(11-9-19)34(6)31/h8,10-13,19H,7,9,14-15H2,1-6H3. The molecule has 0 radical (unpaired) electrons. The van der Waals surface area contributed by atoms with Gasteiger partial charge in [0.2, 0.25) is 0 Å². The fourth-order valence-electron chi connectivity index (χ4n) is 4.09. The van der Waals surface area contributed by atoms with Crippen LogP contribution in [0.5, 0.6) is 5.75 Å². The second-order valence-electron chi connectivity index (χ2n) is 9.00. The maximum Gasteiger partial charge on any atom is 0.349 e. The Kier molecular flexibility index (Phi) is 7.65. The van der Waals surface area contributed by atoms with Crippen LogP contribution in [0.2, 0.25) is 0 Å². The molecule has 1 heterocycles. The van der Waals surface area contributed by atoms with Crippen LogP contribution in [0.25, 0.3) is 0 Å². The Hall–Kier alpha value is -2.94. The van der Waals surface area contributed by atoms with Crippen molar-refractivity contribution in [3.8, 4) is 5.75 Å². The summed E-state index contributed by atoms with van der Waals surface area (Å²) in [6.45, 7) is 9.21. The van der Waals surface area contributed by atoms with Crippen molar-refractivity contribution in [3.05, 3.63) is 52.0 Å². The minimum atomic E-state index is -1.15. The van der Waals surface area contributed by atoms with E-state index in [0.29, 0.717) is 12.2 Å². The summed E-state index contributed by atoms with van der Waals surface area (Å²) in [6, 6.07) is 3.14. The molecule has 2 atom stereocenters. The molecule has 2 unspecified atom stereocenters. The number of benzene rings is 1. The van der Waals surface area contributed by atoms with Crippen LogP contribution in [-0.4, -0.2) is 63.0 Å². The van der Waals surface area contributed by atoms with Crippen LogP contribution in [0.1, 0.15) is 43.9 Å². The van der Waals surface area contributed by atoms with E-state index >= 15 is 0 Å². The quantitative estimate of drug-likeness (QED) is 0.411. The SMILES string of the molecule is CCOC(=O)C(C)(C)Oc1c(C)cc(CN2C(=O)CN(C3C=CC(S(C)=O)=CC3)C2=O)cc1C. The van der Waals surface area contributed by atoms with E-state index in [-0.39, 0.29) is 37.7 Å². The monoisotopic (exact) mass is 488 g/mol. The van der Waals surface area contributed by atoms with Gasteiger partial charge in [0.1, 0.15) is 12.3 Å². The number of amides is 3. The van der Waals surface area contributed by atoms with E-state index in [0.717, 1.165) is 21.6 Å². The Morgan fingerprint density at radius 1 is 1.21 bits per heavy atom. The molecule has 34 heavy (non-hydrogen) atoms. The summed E-state index contributed by atoms with van der Waals surface area (Å²) in [5.74, 6) is -0.132. The molecule has 0 saturated carbocycles. The molecule has 1 aliphatic heterocycles. The molecular formula is C25H32N2O6S. The van der Waals surface area contributed by atoms with Gasteiger partial charge in [-0.05, 0) is 63.8 Å². The summed E-state index contributed by atoms with van der Waals surface area (Å²) < 4.78 is 22.7. The second kappa shape index (κ2) is 10.1. The molecule has 0 bridgehead atoms. The Balaban J connectivity index is 1.73. The highest BCUT2D eigenvalue weighted by molar-refractivity contribution is 7.88. The lowest BCUT2D eigenvalue weighted by molar-refractivity contribution is -0.158. The fraction of sp³-hybridized carbons (Fsp3) is 0.480. The first-order valence-electron chi connectivity index (χ1n) is 11.2. The van der Waals surface area contributed by atoms with E-state index in [1.807, 2.05) is 38.1 Å². The number of carbonyl (C=O) groups is 3. The number of allylic oxidation sites excluding steroid dienone is 1. The van der Waals surface area contributed by atoms with Gasteiger partial charge < -0.3 is 14.4 Å². The lowest BCUT2D eigenvalue weighted by Gasteiger charge is -2.27. The Bertz CT molecular complexity index is 1070. The van der Waals surface area contributed by atoms with Gasteiger partial charge in [0.15, 0.2) is 5.60 Å². The number of ether oxygens (including phenoxy) is 2. The normalized spacial score (nSPS) is 19.4. The van der Waals surface area contributed by atoms with E-state index in [1.54, 1.807) is 38.0 Å². The number of carbonyl (C=O) groups excluding carboxylic acids is 3. The van der Waals surface area contributed by atoms with Crippen LogP contribution in [0.4, 0.5) is 4.79 Å². The number of imide groups is 1. The minimum Gasteiger partial charge on any atom is -0.476 e. The smallest absolute Gasteiger partial charge is 0.349 e. The number of nitrogens with zero attached hydrogens (tertiary/aromatic N) is 2. The molecule has 1 aromatic carbocycles. The van der Waals surface area contributed by atoms with Crippen molar-refractivity contribution in [1.82, 2.24) is 9.80 Å². The van der Waals surface area contributed by atoms with Gasteiger partial charge in [-0.2, -0.15) is 0 Å². The van der Waals surface area contributed by atoms with E-state index in [2.05, 4.69) is 0 Å². The predicted octanol–water partition coefficient (Wildman–Crippen LogP) is 3.38. The molecule has 3 amide bonds. The molecule has 3 rings (SSSR count). The van der Waals surface area contributed by atoms with Gasteiger partial charge in [-0.3, -0.25) is 13.9 Å². The van der Waals surface area contributed by atoms with E-state index in [9.17, 15) is 18.6 Å². The Morgan fingerprint density at radius 3 is 2.38 bits per heavy atom. The molecule has 0 spiro atoms. The van der Waals surface area contributed by atoms with Crippen LogP contribution >= 0.6 is 0 Å². The number of rotatable bonds is 8. The van der Waals surface area contributed by atoms with Crippen LogP contribution < -0.4 is 4.74 Å². The zero-order valence-electron chi connectivity index (χ0n) is 20.5. The summed E-state index contributed by atoms with van der Waals surface area (Å²) in [7, 11) is -1.08. The summed E-state index contributed by atoms with van der Waals surface area (Å²) in [5, 5.41) is 0. The third kappa shape index (κ3) is 5.41. The lowest BCUT2D eigenvalue weighted by Crippen LogP contribution is -2.40. The summed E-state index contributed by atoms with van der Waals surface area (Å²) in [4.78, 5) is 41.5. The summed E-state index contributed by atoms with van der Waals surface area (Å²) in [5.41, 5.74) is 1.23. The third-order valence-corrected chi connectivity index (χ3v) is 6.81. The van der Waals surface area contributed by atoms with Crippen LogP contribution in [0, 0.1) is 13.8 Å². The maximum absolute atomic E-state index is 13.0. The van der Waals surface area contributed by atoms with Crippen molar-refractivity contribution in [2.24, 2.45) is 0 Å². The second-order valence-corrected chi connectivity index (χ2v) is 10.4. The highest BCUT2D eigenvalue weighted by atomic mass is 32.2. The van der Waals surface area contributed by atoms with E-state index in [1.165, 1.54) is 4.90 Å². The Labute approximate surface area is 203 Å². The van der Waals surface area contributed by atoms with Crippen LogP contribution in [0.3, 0.4) is 0 Å². The first-order valence-corrected chi connectivity index (χ1v) is 12.8.